The van der Waals surface area contributed by atoms with E-state index in [1.165, 1.54) is 12.1 Å². The Kier molecular flexibility index (Phi) is 3.40. The molecule has 108 valence electrons. The van der Waals surface area contributed by atoms with E-state index in [9.17, 15) is 8.42 Å². The summed E-state index contributed by atoms with van der Waals surface area (Å²) in [6.45, 7) is 0.600. The second-order valence-electron chi connectivity index (χ2n) is 4.83. The number of nitrogens with one attached hydrogen (secondary N) is 2. The second-order valence-corrected chi connectivity index (χ2v) is 6.39. The molecule has 2 aromatic carbocycles. The third-order valence-corrected chi connectivity index (χ3v) is 4.19. The van der Waals surface area contributed by atoms with Crippen LogP contribution in [0.15, 0.2) is 59.6 Å². The summed E-state index contributed by atoms with van der Waals surface area (Å²) in [6.07, 6.45) is 1.90. The third-order valence-electron chi connectivity index (χ3n) is 3.28. The van der Waals surface area contributed by atoms with Gasteiger partial charge in [-0.15, -0.1) is 0 Å². The molecule has 0 unspecified atom stereocenters. The molecule has 21 heavy (non-hydrogen) atoms. The van der Waals surface area contributed by atoms with E-state index < -0.39 is 10.0 Å². The number of hydrogen-bond donors (Lipinski definition) is 3. The number of benzene rings is 2. The van der Waals surface area contributed by atoms with Gasteiger partial charge in [-0.05, 0) is 41.3 Å². The molecule has 0 fully saturated rings. The number of anilines is 1. The molecule has 0 saturated heterocycles. The van der Waals surface area contributed by atoms with Gasteiger partial charge < -0.3 is 10.3 Å². The molecule has 3 aromatic rings. The average molecular weight is 301 g/mol. The lowest BCUT2D eigenvalue weighted by atomic mass is 10.1. The van der Waals surface area contributed by atoms with Gasteiger partial charge in [-0.1, -0.05) is 18.2 Å². The number of rotatable bonds is 4. The Balaban J connectivity index is 1.78. The van der Waals surface area contributed by atoms with E-state index in [4.69, 9.17) is 5.14 Å². The molecule has 0 aliphatic heterocycles. The molecule has 0 amide bonds. The minimum absolute atomic E-state index is 0.104. The summed E-state index contributed by atoms with van der Waals surface area (Å²) in [6, 6.07) is 14.6. The van der Waals surface area contributed by atoms with Crippen molar-refractivity contribution in [1.29, 1.82) is 0 Å². The highest BCUT2D eigenvalue weighted by molar-refractivity contribution is 7.89. The van der Waals surface area contributed by atoms with E-state index in [1.54, 1.807) is 6.07 Å². The fourth-order valence-electron chi connectivity index (χ4n) is 2.19. The number of aromatic nitrogens is 1. The van der Waals surface area contributed by atoms with Crippen molar-refractivity contribution < 1.29 is 8.42 Å². The number of sulfonamides is 1. The molecule has 6 heteroatoms. The lowest BCUT2D eigenvalue weighted by Crippen LogP contribution is -2.12. The van der Waals surface area contributed by atoms with E-state index in [0.717, 1.165) is 16.5 Å². The molecule has 3 rings (SSSR count). The maximum atomic E-state index is 11.3. The maximum absolute atomic E-state index is 11.3. The Bertz CT molecular complexity index is 885. The van der Waals surface area contributed by atoms with E-state index >= 15 is 0 Å². The van der Waals surface area contributed by atoms with Crippen molar-refractivity contribution >= 4 is 26.6 Å². The average Bonchev–Trinajstić information content (AvgIpc) is 2.92. The fourth-order valence-corrected chi connectivity index (χ4v) is 2.75. The van der Waals surface area contributed by atoms with Gasteiger partial charge in [0.15, 0.2) is 0 Å². The Morgan fingerprint density at radius 3 is 2.76 bits per heavy atom. The van der Waals surface area contributed by atoms with E-state index in [2.05, 4.69) is 16.4 Å². The lowest BCUT2D eigenvalue weighted by molar-refractivity contribution is 0.598. The zero-order valence-electron chi connectivity index (χ0n) is 11.2. The van der Waals surface area contributed by atoms with Gasteiger partial charge in [0.05, 0.1) is 4.90 Å². The van der Waals surface area contributed by atoms with E-state index in [1.807, 2.05) is 30.5 Å². The van der Waals surface area contributed by atoms with Crippen LogP contribution in [-0.4, -0.2) is 13.4 Å². The fraction of sp³-hybridized carbons (Fsp3) is 0.0667. The highest BCUT2D eigenvalue weighted by Crippen LogP contribution is 2.17. The van der Waals surface area contributed by atoms with Crippen molar-refractivity contribution in [1.82, 2.24) is 4.98 Å². The van der Waals surface area contributed by atoms with Crippen LogP contribution in [-0.2, 0) is 16.6 Å². The summed E-state index contributed by atoms with van der Waals surface area (Å²) >= 11 is 0. The van der Waals surface area contributed by atoms with Crippen molar-refractivity contribution in [3.05, 3.63) is 60.3 Å². The summed E-state index contributed by atoms with van der Waals surface area (Å²) in [4.78, 5) is 3.27. The summed E-state index contributed by atoms with van der Waals surface area (Å²) in [5.74, 6) is 0. The smallest absolute Gasteiger partial charge is 0.238 e. The monoisotopic (exact) mass is 301 g/mol. The minimum Gasteiger partial charge on any atom is -0.381 e. The summed E-state index contributed by atoms with van der Waals surface area (Å²) < 4.78 is 22.6. The number of primary sulfonamides is 1. The summed E-state index contributed by atoms with van der Waals surface area (Å²) in [7, 11) is -3.67. The maximum Gasteiger partial charge on any atom is 0.238 e. The molecule has 0 saturated carbocycles. The van der Waals surface area contributed by atoms with Gasteiger partial charge in [0.2, 0.25) is 10.0 Å². The van der Waals surface area contributed by atoms with Crippen molar-refractivity contribution in [2.45, 2.75) is 11.4 Å². The molecular formula is C15H15N3O2S. The lowest BCUT2D eigenvalue weighted by Gasteiger charge is -2.08. The summed E-state index contributed by atoms with van der Waals surface area (Å²) in [5.41, 5.74) is 2.90. The molecular weight excluding hydrogens is 286 g/mol. The largest absolute Gasteiger partial charge is 0.381 e. The Morgan fingerprint density at radius 2 is 1.95 bits per heavy atom. The minimum atomic E-state index is -3.67. The first-order valence-electron chi connectivity index (χ1n) is 6.45. The standard InChI is InChI=1S/C15H15N3O2S/c16-21(19,20)14-3-1-2-13(9-14)18-10-11-4-5-12-6-7-17-15(12)8-11/h1-9,17-18H,10H2,(H2,16,19,20). The van der Waals surface area contributed by atoms with Gasteiger partial charge >= 0.3 is 0 Å². The van der Waals surface area contributed by atoms with Crippen LogP contribution in [0.5, 0.6) is 0 Å². The number of nitrogens with two attached hydrogens (primary N) is 1. The first-order chi connectivity index (χ1) is 10.0. The Morgan fingerprint density at radius 1 is 1.10 bits per heavy atom. The predicted octanol–water partition coefficient (Wildman–Crippen LogP) is 2.43. The number of fused-ring (bicyclic) bond motifs is 1. The van der Waals surface area contributed by atoms with Crippen LogP contribution in [0.4, 0.5) is 5.69 Å². The van der Waals surface area contributed by atoms with Crippen molar-refractivity contribution in [2.24, 2.45) is 5.14 Å². The van der Waals surface area contributed by atoms with E-state index in [0.29, 0.717) is 12.2 Å². The first-order valence-corrected chi connectivity index (χ1v) is 8.00. The SMILES string of the molecule is NS(=O)(=O)c1cccc(NCc2ccc3cc[nH]c3c2)c1. The first kappa shape index (κ1) is 13.7. The molecule has 1 heterocycles. The van der Waals surface area contributed by atoms with Gasteiger partial charge in [-0.3, -0.25) is 0 Å². The summed E-state index contributed by atoms with van der Waals surface area (Å²) in [5, 5.41) is 9.48. The number of H-pyrrole nitrogens is 1. The van der Waals surface area contributed by atoms with Gasteiger partial charge in [-0.2, -0.15) is 0 Å². The van der Waals surface area contributed by atoms with Crippen LogP contribution in [0.3, 0.4) is 0 Å². The second kappa shape index (κ2) is 5.23. The third kappa shape index (κ3) is 3.07. The topological polar surface area (TPSA) is 88.0 Å². The van der Waals surface area contributed by atoms with Gasteiger partial charge in [0.25, 0.3) is 0 Å². The molecule has 5 nitrogen and oxygen atoms in total. The zero-order valence-corrected chi connectivity index (χ0v) is 12.0. The molecule has 1 aromatic heterocycles. The molecule has 0 atom stereocenters. The predicted molar refractivity (Wildman–Crippen MR) is 83.4 cm³/mol. The Labute approximate surface area is 122 Å². The van der Waals surface area contributed by atoms with Crippen LogP contribution in [0.2, 0.25) is 0 Å². The van der Waals surface area contributed by atoms with E-state index in [-0.39, 0.29) is 4.90 Å². The normalized spacial score (nSPS) is 11.7. The molecule has 0 radical (unpaired) electrons. The Hall–Kier alpha value is -2.31. The molecule has 0 spiro atoms. The quantitative estimate of drug-likeness (QED) is 0.691. The van der Waals surface area contributed by atoms with Crippen LogP contribution < -0.4 is 10.5 Å². The van der Waals surface area contributed by atoms with Crippen molar-refractivity contribution in [2.75, 3.05) is 5.32 Å². The molecule has 4 N–H and O–H groups in total. The van der Waals surface area contributed by atoms with Gasteiger partial charge in [0, 0.05) is 23.9 Å². The highest BCUT2D eigenvalue weighted by Gasteiger charge is 2.07. The van der Waals surface area contributed by atoms with Crippen LogP contribution in [0, 0.1) is 0 Å². The van der Waals surface area contributed by atoms with Gasteiger partial charge in [0.1, 0.15) is 0 Å². The van der Waals surface area contributed by atoms with Crippen LogP contribution in [0.1, 0.15) is 5.56 Å². The molecule has 0 bridgehead atoms. The highest BCUT2D eigenvalue weighted by atomic mass is 32.2. The van der Waals surface area contributed by atoms with Crippen molar-refractivity contribution in [3.8, 4) is 0 Å². The van der Waals surface area contributed by atoms with Gasteiger partial charge in [-0.25, -0.2) is 13.6 Å². The number of hydrogen-bond acceptors (Lipinski definition) is 3. The van der Waals surface area contributed by atoms with Crippen LogP contribution >= 0.6 is 0 Å². The zero-order chi connectivity index (χ0) is 14.9. The van der Waals surface area contributed by atoms with Crippen molar-refractivity contribution in [3.63, 3.8) is 0 Å². The molecule has 0 aliphatic rings. The number of aromatic amines is 1. The molecule has 0 aliphatic carbocycles. The van der Waals surface area contributed by atoms with Crippen LogP contribution in [0.25, 0.3) is 10.9 Å².